The molecule has 1 aromatic heterocycles. The number of anilines is 1. The number of aryl methyl sites for hydroxylation is 1. The van der Waals surface area contributed by atoms with E-state index in [0.717, 1.165) is 21.1 Å². The van der Waals surface area contributed by atoms with Gasteiger partial charge in [0.15, 0.2) is 11.0 Å². The van der Waals surface area contributed by atoms with Crippen LogP contribution < -0.4 is 15.4 Å². The summed E-state index contributed by atoms with van der Waals surface area (Å²) in [6.45, 7) is 4.04. The van der Waals surface area contributed by atoms with Gasteiger partial charge < -0.3 is 15.4 Å². The molecule has 1 heterocycles. The van der Waals surface area contributed by atoms with Gasteiger partial charge >= 0.3 is 0 Å². The molecule has 4 rings (SSSR count). The first-order valence-corrected chi connectivity index (χ1v) is 15.3. The number of carbonyl (C=O) groups excluding carboxylic acids is 2. The number of rotatable bonds is 11. The van der Waals surface area contributed by atoms with Gasteiger partial charge in [-0.1, -0.05) is 23.9 Å². The van der Waals surface area contributed by atoms with Crippen molar-refractivity contribution < 1.29 is 22.7 Å². The number of nitrogens with zero attached hydrogens (tertiary/aromatic N) is 4. The van der Waals surface area contributed by atoms with E-state index in [9.17, 15) is 18.0 Å². The van der Waals surface area contributed by atoms with E-state index in [4.69, 9.17) is 4.74 Å². The summed E-state index contributed by atoms with van der Waals surface area (Å²) in [5.74, 6) is 0.645. The molecule has 0 saturated carbocycles. The first kappa shape index (κ1) is 30.8. The van der Waals surface area contributed by atoms with Crippen LogP contribution in [-0.4, -0.2) is 66.3 Å². The monoisotopic (exact) mass is 608 g/mol. The van der Waals surface area contributed by atoms with Crippen molar-refractivity contribution in [3.63, 3.8) is 0 Å². The summed E-state index contributed by atoms with van der Waals surface area (Å²) in [7, 11) is 0.866. The summed E-state index contributed by atoms with van der Waals surface area (Å²) in [4.78, 5) is 25.7. The van der Waals surface area contributed by atoms with Crippen molar-refractivity contribution in [3.8, 4) is 11.4 Å². The first-order valence-electron chi connectivity index (χ1n) is 12.9. The van der Waals surface area contributed by atoms with E-state index >= 15 is 0 Å². The highest BCUT2D eigenvalue weighted by Gasteiger charge is 2.20. The molecule has 0 unspecified atom stereocenters. The molecule has 0 bridgehead atoms. The van der Waals surface area contributed by atoms with E-state index in [1.807, 2.05) is 36.6 Å². The van der Waals surface area contributed by atoms with Crippen LogP contribution in [0.5, 0.6) is 5.75 Å². The Morgan fingerprint density at radius 1 is 0.976 bits per heavy atom. The van der Waals surface area contributed by atoms with Crippen LogP contribution in [0.3, 0.4) is 0 Å². The van der Waals surface area contributed by atoms with Crippen molar-refractivity contribution in [2.24, 2.45) is 0 Å². The van der Waals surface area contributed by atoms with Gasteiger partial charge in [-0.3, -0.25) is 14.2 Å². The van der Waals surface area contributed by atoms with Gasteiger partial charge in [-0.15, -0.1) is 10.2 Å². The average Bonchev–Trinajstić information content (AvgIpc) is 3.39. The van der Waals surface area contributed by atoms with Gasteiger partial charge in [-0.2, -0.15) is 0 Å². The fourth-order valence-corrected chi connectivity index (χ4v) is 5.65. The fraction of sp³-hybridized carbons (Fsp3) is 0.241. The van der Waals surface area contributed by atoms with Crippen LogP contribution in [0.2, 0.25) is 0 Å². The third-order valence-electron chi connectivity index (χ3n) is 6.53. The maximum atomic E-state index is 12.9. The predicted molar refractivity (Wildman–Crippen MR) is 162 cm³/mol. The highest BCUT2D eigenvalue weighted by molar-refractivity contribution is 7.99. The highest BCUT2D eigenvalue weighted by atomic mass is 32.2. The number of thioether (sulfide) groups is 1. The SMILES string of the molecule is COc1ccc(NC(=O)CSc2nnc(CNC(=O)c3ccc(S(=O)(=O)N(C)C)cc3)n2-c2cccc(C)c2C)cc1. The highest BCUT2D eigenvalue weighted by Crippen LogP contribution is 2.26. The number of sulfonamides is 1. The van der Waals surface area contributed by atoms with Gasteiger partial charge in [0.1, 0.15) is 5.75 Å². The average molecular weight is 609 g/mol. The molecule has 0 atom stereocenters. The maximum Gasteiger partial charge on any atom is 0.251 e. The summed E-state index contributed by atoms with van der Waals surface area (Å²) in [6.07, 6.45) is 0. The molecule has 0 aliphatic rings. The molecule has 42 heavy (non-hydrogen) atoms. The molecular formula is C29H32N6O5S2. The molecule has 0 aliphatic heterocycles. The lowest BCUT2D eigenvalue weighted by atomic mass is 10.1. The number of carbonyl (C=O) groups is 2. The third-order valence-corrected chi connectivity index (χ3v) is 9.28. The van der Waals surface area contributed by atoms with Crippen LogP contribution in [0.25, 0.3) is 5.69 Å². The normalized spacial score (nSPS) is 11.4. The van der Waals surface area contributed by atoms with Gasteiger partial charge in [0.25, 0.3) is 5.91 Å². The molecule has 0 fully saturated rings. The van der Waals surface area contributed by atoms with Gasteiger partial charge in [-0.05, 0) is 79.6 Å². The van der Waals surface area contributed by atoms with E-state index in [-0.39, 0.29) is 23.1 Å². The molecule has 220 valence electrons. The molecular weight excluding hydrogens is 576 g/mol. The molecule has 0 radical (unpaired) electrons. The minimum Gasteiger partial charge on any atom is -0.497 e. The molecule has 0 aliphatic carbocycles. The summed E-state index contributed by atoms with van der Waals surface area (Å²) < 4.78 is 32.8. The third kappa shape index (κ3) is 6.98. The quantitative estimate of drug-likeness (QED) is 0.246. The summed E-state index contributed by atoms with van der Waals surface area (Å²) in [6, 6.07) is 18.6. The van der Waals surface area contributed by atoms with Gasteiger partial charge in [0.2, 0.25) is 15.9 Å². The smallest absolute Gasteiger partial charge is 0.251 e. The minimum atomic E-state index is -3.60. The number of ether oxygens (including phenoxy) is 1. The largest absolute Gasteiger partial charge is 0.497 e. The molecule has 4 aromatic rings. The van der Waals surface area contributed by atoms with Gasteiger partial charge in [0, 0.05) is 25.3 Å². The molecule has 13 heteroatoms. The van der Waals surface area contributed by atoms with Crippen LogP contribution in [0.15, 0.2) is 76.8 Å². The zero-order valence-electron chi connectivity index (χ0n) is 23.9. The lowest BCUT2D eigenvalue weighted by Crippen LogP contribution is -2.25. The first-order chi connectivity index (χ1) is 20.0. The molecule has 2 amide bonds. The zero-order valence-corrected chi connectivity index (χ0v) is 25.5. The van der Waals surface area contributed by atoms with Crippen molar-refractivity contribution in [2.75, 3.05) is 32.3 Å². The topological polar surface area (TPSA) is 136 Å². The Morgan fingerprint density at radius 2 is 1.67 bits per heavy atom. The lowest BCUT2D eigenvalue weighted by Gasteiger charge is -2.15. The number of hydrogen-bond acceptors (Lipinski definition) is 8. The van der Waals surface area contributed by atoms with Crippen molar-refractivity contribution in [3.05, 3.63) is 89.2 Å². The Labute approximate surface area is 249 Å². The number of hydrogen-bond donors (Lipinski definition) is 2. The Hall–Kier alpha value is -4.20. The van der Waals surface area contributed by atoms with E-state index in [1.54, 1.807) is 31.4 Å². The molecule has 0 spiro atoms. The maximum absolute atomic E-state index is 12.9. The van der Waals surface area contributed by atoms with Gasteiger partial charge in [-0.25, -0.2) is 12.7 Å². The summed E-state index contributed by atoms with van der Waals surface area (Å²) in [5, 5.41) is 14.8. The Balaban J connectivity index is 1.51. The Kier molecular flexibility index (Phi) is 9.66. The standard InChI is InChI=1S/C29H32N6O5S2/c1-19-7-6-8-25(20(19)2)35-26(17-30-28(37)21-9-15-24(16-10-21)42(38,39)34(3)4)32-33-29(35)41-18-27(36)31-22-11-13-23(40-5)14-12-22/h6-16H,17-18H2,1-5H3,(H,30,37)(H,31,36). The zero-order chi connectivity index (χ0) is 30.4. The van der Waals surface area contributed by atoms with Crippen LogP contribution in [0.1, 0.15) is 27.3 Å². The van der Waals surface area contributed by atoms with Crippen molar-refractivity contribution in [2.45, 2.75) is 30.4 Å². The molecule has 2 N–H and O–H groups in total. The Morgan fingerprint density at radius 3 is 2.31 bits per heavy atom. The fourth-order valence-electron chi connectivity index (χ4n) is 3.98. The van der Waals surface area contributed by atoms with E-state index in [2.05, 4.69) is 20.8 Å². The number of methoxy groups -OCH3 is 1. The minimum absolute atomic E-state index is 0.0512. The van der Waals surface area contributed by atoms with Crippen LogP contribution >= 0.6 is 11.8 Å². The predicted octanol–water partition coefficient (Wildman–Crippen LogP) is 3.80. The van der Waals surface area contributed by atoms with Gasteiger partial charge in [0.05, 0.1) is 30.0 Å². The van der Waals surface area contributed by atoms with E-state index in [0.29, 0.717) is 28.0 Å². The Bertz CT molecular complexity index is 1680. The number of benzene rings is 3. The number of aromatic nitrogens is 3. The molecule has 0 saturated heterocycles. The van der Waals surface area contributed by atoms with Crippen molar-refractivity contribution >= 4 is 39.3 Å². The van der Waals surface area contributed by atoms with E-state index < -0.39 is 15.9 Å². The number of nitrogens with one attached hydrogen (secondary N) is 2. The van der Waals surface area contributed by atoms with Crippen LogP contribution in [0.4, 0.5) is 5.69 Å². The molecule has 11 nitrogen and oxygen atoms in total. The second-order valence-corrected chi connectivity index (χ2v) is 12.6. The van der Waals surface area contributed by atoms with Crippen LogP contribution in [-0.2, 0) is 21.4 Å². The molecule has 3 aromatic carbocycles. The second-order valence-electron chi connectivity index (χ2n) is 9.51. The van der Waals surface area contributed by atoms with Crippen LogP contribution in [0, 0.1) is 13.8 Å². The summed E-state index contributed by atoms with van der Waals surface area (Å²) in [5.41, 5.74) is 3.85. The van der Waals surface area contributed by atoms with Crippen molar-refractivity contribution in [1.29, 1.82) is 0 Å². The van der Waals surface area contributed by atoms with Crippen molar-refractivity contribution in [1.82, 2.24) is 24.4 Å². The lowest BCUT2D eigenvalue weighted by molar-refractivity contribution is -0.113. The summed E-state index contributed by atoms with van der Waals surface area (Å²) >= 11 is 1.23. The van der Waals surface area contributed by atoms with E-state index in [1.165, 1.54) is 50.1 Å². The number of amides is 2. The second kappa shape index (κ2) is 13.2.